The molecular formula is C19H21ClF2N4O3. The van der Waals surface area contributed by atoms with E-state index in [4.69, 9.17) is 16.3 Å². The van der Waals surface area contributed by atoms with Crippen LogP contribution < -0.4 is 10.5 Å². The Hall–Kier alpha value is -2.68. The van der Waals surface area contributed by atoms with Crippen LogP contribution in [0.1, 0.15) is 20.8 Å². The third kappa shape index (κ3) is 4.84. The van der Waals surface area contributed by atoms with Crippen LogP contribution in [-0.4, -0.2) is 52.6 Å². The monoisotopic (exact) mass is 426 g/mol. The second-order valence-electron chi connectivity index (χ2n) is 7.64. The van der Waals surface area contributed by atoms with Crippen LogP contribution in [0.4, 0.5) is 19.3 Å². The number of anilines is 1. The maximum absolute atomic E-state index is 13.5. The van der Waals surface area contributed by atoms with Crippen molar-refractivity contribution in [2.45, 2.75) is 26.4 Å². The molecule has 3 rings (SSSR count). The third-order valence-corrected chi connectivity index (χ3v) is 4.62. The lowest BCUT2D eigenvalue weighted by atomic mass is 10.2. The van der Waals surface area contributed by atoms with Gasteiger partial charge < -0.3 is 14.5 Å². The van der Waals surface area contributed by atoms with Crippen LogP contribution in [0.15, 0.2) is 29.2 Å². The molecule has 1 aliphatic rings. The van der Waals surface area contributed by atoms with Crippen LogP contribution in [0.25, 0.3) is 5.69 Å². The minimum atomic E-state index is -0.827. The molecule has 0 saturated carbocycles. The maximum atomic E-state index is 13.5. The first-order valence-corrected chi connectivity index (χ1v) is 9.40. The zero-order valence-electron chi connectivity index (χ0n) is 16.3. The third-order valence-electron chi connectivity index (χ3n) is 4.26. The van der Waals surface area contributed by atoms with Crippen molar-refractivity contribution in [1.29, 1.82) is 0 Å². The lowest BCUT2D eigenvalue weighted by molar-refractivity contribution is 0.0240. The number of amides is 1. The van der Waals surface area contributed by atoms with E-state index in [9.17, 15) is 18.4 Å². The summed E-state index contributed by atoms with van der Waals surface area (Å²) in [6.07, 6.45) is 0.972. The number of hydrogen-bond acceptors (Lipinski definition) is 5. The van der Waals surface area contributed by atoms with Gasteiger partial charge in [0, 0.05) is 32.2 Å². The first kappa shape index (κ1) is 21.0. The molecule has 1 aromatic carbocycles. The topological polar surface area (TPSA) is 67.7 Å². The van der Waals surface area contributed by atoms with E-state index >= 15 is 0 Å². The number of piperazine rings is 1. The van der Waals surface area contributed by atoms with Crippen LogP contribution in [0.3, 0.4) is 0 Å². The van der Waals surface area contributed by atoms with Crippen molar-refractivity contribution in [2.24, 2.45) is 0 Å². The average Bonchev–Trinajstić information content (AvgIpc) is 2.62. The Kier molecular flexibility index (Phi) is 5.79. The summed E-state index contributed by atoms with van der Waals surface area (Å²) < 4.78 is 33.1. The molecule has 0 radical (unpaired) electrons. The second-order valence-corrected chi connectivity index (χ2v) is 8.02. The van der Waals surface area contributed by atoms with Crippen molar-refractivity contribution in [3.8, 4) is 5.69 Å². The van der Waals surface area contributed by atoms with Gasteiger partial charge in [0.15, 0.2) is 0 Å². The molecule has 2 heterocycles. The molecule has 0 N–H and O–H groups in total. The number of carbonyl (C=O) groups is 1. The van der Waals surface area contributed by atoms with E-state index in [0.717, 1.165) is 16.8 Å². The normalized spacial score (nSPS) is 14.8. The summed E-state index contributed by atoms with van der Waals surface area (Å²) in [7, 11) is 0. The zero-order chi connectivity index (χ0) is 21.3. The van der Waals surface area contributed by atoms with Gasteiger partial charge in [-0.3, -0.25) is 4.79 Å². The van der Waals surface area contributed by atoms with Gasteiger partial charge >= 0.3 is 6.09 Å². The molecule has 156 valence electrons. The van der Waals surface area contributed by atoms with Gasteiger partial charge in [-0.15, -0.1) is 0 Å². The fraction of sp³-hybridized carbons (Fsp3) is 0.421. The molecule has 29 heavy (non-hydrogen) atoms. The van der Waals surface area contributed by atoms with Crippen LogP contribution in [0, 0.1) is 11.6 Å². The summed E-state index contributed by atoms with van der Waals surface area (Å²) in [5, 5.41) is 3.89. The summed E-state index contributed by atoms with van der Waals surface area (Å²) in [5.41, 5.74) is -0.935. The van der Waals surface area contributed by atoms with Crippen molar-refractivity contribution < 1.29 is 18.3 Å². The number of aromatic nitrogens is 2. The fourth-order valence-corrected chi connectivity index (χ4v) is 3.19. The molecule has 0 atom stereocenters. The Morgan fingerprint density at radius 2 is 1.69 bits per heavy atom. The molecule has 0 spiro atoms. The number of rotatable bonds is 2. The molecule has 7 nitrogen and oxygen atoms in total. The smallest absolute Gasteiger partial charge is 0.410 e. The van der Waals surface area contributed by atoms with Crippen LogP contribution in [-0.2, 0) is 4.74 Å². The number of hydrogen-bond donors (Lipinski definition) is 0. The Morgan fingerprint density at radius 3 is 2.24 bits per heavy atom. The number of nitrogens with zero attached hydrogens (tertiary/aromatic N) is 4. The largest absolute Gasteiger partial charge is 0.444 e. The average molecular weight is 427 g/mol. The highest BCUT2D eigenvalue weighted by Gasteiger charge is 2.27. The molecule has 10 heteroatoms. The van der Waals surface area contributed by atoms with Crippen LogP contribution in [0.2, 0.25) is 5.02 Å². The molecule has 0 unspecified atom stereocenters. The van der Waals surface area contributed by atoms with E-state index in [1.807, 2.05) is 4.90 Å². The predicted molar refractivity (Wildman–Crippen MR) is 105 cm³/mol. The molecule has 1 fully saturated rings. The van der Waals surface area contributed by atoms with Gasteiger partial charge in [-0.1, -0.05) is 11.6 Å². The van der Waals surface area contributed by atoms with E-state index in [1.54, 1.807) is 25.7 Å². The summed E-state index contributed by atoms with van der Waals surface area (Å²) in [5.74, 6) is -1.65. The number of halogens is 3. The van der Waals surface area contributed by atoms with Gasteiger partial charge in [-0.2, -0.15) is 9.78 Å². The van der Waals surface area contributed by atoms with E-state index < -0.39 is 28.9 Å². The first-order chi connectivity index (χ1) is 13.5. The molecular weight excluding hydrogens is 406 g/mol. The van der Waals surface area contributed by atoms with Crippen molar-refractivity contribution in [1.82, 2.24) is 14.7 Å². The van der Waals surface area contributed by atoms with Gasteiger partial charge in [0.05, 0.1) is 17.6 Å². The van der Waals surface area contributed by atoms with Crippen molar-refractivity contribution in [2.75, 3.05) is 31.1 Å². The molecule has 2 aromatic rings. The zero-order valence-corrected chi connectivity index (χ0v) is 17.0. The summed E-state index contributed by atoms with van der Waals surface area (Å²) in [4.78, 5) is 28.2. The van der Waals surface area contributed by atoms with E-state index in [-0.39, 0.29) is 10.7 Å². The molecule has 1 amide bonds. The molecule has 1 saturated heterocycles. The van der Waals surface area contributed by atoms with Gasteiger partial charge in [-0.05, 0) is 32.9 Å². The minimum absolute atomic E-state index is 0.0595. The quantitative estimate of drug-likeness (QED) is 0.737. The SMILES string of the molecule is CC(C)(C)OC(=O)N1CCN(c2cnn(-c3cc(F)cc(F)c3)c(=O)c2Cl)CC1. The first-order valence-electron chi connectivity index (χ1n) is 9.02. The highest BCUT2D eigenvalue weighted by molar-refractivity contribution is 6.33. The number of ether oxygens (including phenoxy) is 1. The number of benzene rings is 1. The van der Waals surface area contributed by atoms with E-state index in [2.05, 4.69) is 5.10 Å². The van der Waals surface area contributed by atoms with Gasteiger partial charge in [0.25, 0.3) is 5.56 Å². The van der Waals surface area contributed by atoms with Gasteiger partial charge in [0.2, 0.25) is 0 Å². The summed E-state index contributed by atoms with van der Waals surface area (Å²) in [6.45, 7) is 7.04. The fourth-order valence-electron chi connectivity index (χ4n) is 2.95. The Labute approximate surface area is 171 Å². The van der Waals surface area contributed by atoms with E-state index in [0.29, 0.717) is 37.9 Å². The number of carbonyl (C=O) groups excluding carboxylic acids is 1. The Morgan fingerprint density at radius 1 is 1.10 bits per heavy atom. The van der Waals surface area contributed by atoms with Crippen LogP contribution in [0.5, 0.6) is 0 Å². The highest BCUT2D eigenvalue weighted by atomic mass is 35.5. The molecule has 1 aromatic heterocycles. The minimum Gasteiger partial charge on any atom is -0.444 e. The van der Waals surface area contributed by atoms with Gasteiger partial charge in [-0.25, -0.2) is 13.6 Å². The van der Waals surface area contributed by atoms with Crippen LogP contribution >= 0.6 is 11.6 Å². The Balaban J connectivity index is 1.77. The highest BCUT2D eigenvalue weighted by Crippen LogP contribution is 2.24. The summed E-state index contributed by atoms with van der Waals surface area (Å²) >= 11 is 6.24. The molecule has 1 aliphatic heterocycles. The lowest BCUT2D eigenvalue weighted by Crippen LogP contribution is -2.50. The maximum Gasteiger partial charge on any atom is 0.410 e. The standard InChI is InChI=1S/C19H21ClF2N4O3/c1-19(2,3)29-18(28)25-6-4-24(5-7-25)15-11-23-26(17(27)16(15)20)14-9-12(21)8-13(22)10-14/h8-11H,4-7H2,1-3H3. The van der Waals surface area contributed by atoms with Crippen molar-refractivity contribution >= 4 is 23.4 Å². The Bertz CT molecular complexity index is 962. The van der Waals surface area contributed by atoms with Crippen molar-refractivity contribution in [3.05, 3.63) is 51.4 Å². The predicted octanol–water partition coefficient (Wildman–Crippen LogP) is 3.22. The molecule has 0 aliphatic carbocycles. The van der Waals surface area contributed by atoms with Crippen molar-refractivity contribution in [3.63, 3.8) is 0 Å². The molecule has 0 bridgehead atoms. The second kappa shape index (κ2) is 7.98. The van der Waals surface area contributed by atoms with E-state index in [1.165, 1.54) is 6.20 Å². The lowest BCUT2D eigenvalue weighted by Gasteiger charge is -2.36. The summed E-state index contributed by atoms with van der Waals surface area (Å²) in [6, 6.07) is 2.69. The van der Waals surface area contributed by atoms with Gasteiger partial charge in [0.1, 0.15) is 22.3 Å².